The molecule has 5 heteroatoms. The monoisotopic (exact) mass is 316 g/mol. The first-order chi connectivity index (χ1) is 11.1. The standard InChI is InChI=1S/C18H24N2O3/c1-23-15-8-4-12-5-9-18(22)20(16(12)10-15)11-17(21)13-2-6-14(19)7-3-13/h4-5,8-10,13-14,17,21H,2-3,6-7,11,19H2,1H3/t13-,14-,17?. The lowest BCUT2D eigenvalue weighted by Gasteiger charge is -2.30. The number of benzene rings is 1. The Morgan fingerprint density at radius 3 is 2.65 bits per heavy atom. The Bertz CT molecular complexity index is 733. The molecule has 0 spiro atoms. The number of pyridine rings is 1. The van der Waals surface area contributed by atoms with Crippen molar-refractivity contribution >= 4 is 10.9 Å². The summed E-state index contributed by atoms with van der Waals surface area (Å²) in [5.41, 5.74) is 6.62. The van der Waals surface area contributed by atoms with Crippen LogP contribution in [0.4, 0.5) is 0 Å². The molecule has 1 aromatic heterocycles. The third kappa shape index (κ3) is 3.41. The lowest BCUT2D eigenvalue weighted by atomic mass is 9.83. The van der Waals surface area contributed by atoms with Crippen LogP contribution in [0.5, 0.6) is 5.75 Å². The summed E-state index contributed by atoms with van der Waals surface area (Å²) >= 11 is 0. The van der Waals surface area contributed by atoms with Gasteiger partial charge in [0.1, 0.15) is 5.75 Å². The van der Waals surface area contributed by atoms with E-state index in [1.807, 2.05) is 18.2 Å². The fourth-order valence-corrected chi connectivity index (χ4v) is 3.45. The van der Waals surface area contributed by atoms with Crippen molar-refractivity contribution in [2.75, 3.05) is 7.11 Å². The first kappa shape index (κ1) is 16.0. The Morgan fingerprint density at radius 1 is 1.26 bits per heavy atom. The van der Waals surface area contributed by atoms with Crippen molar-refractivity contribution in [3.05, 3.63) is 40.7 Å². The Labute approximate surface area is 135 Å². The number of aliphatic hydroxyl groups is 1. The Balaban J connectivity index is 1.89. The van der Waals surface area contributed by atoms with E-state index in [-0.39, 0.29) is 17.5 Å². The summed E-state index contributed by atoms with van der Waals surface area (Å²) in [6.45, 7) is 0.309. The van der Waals surface area contributed by atoms with E-state index in [4.69, 9.17) is 10.5 Å². The summed E-state index contributed by atoms with van der Waals surface area (Å²) in [7, 11) is 1.60. The molecule has 1 atom stereocenters. The maximum absolute atomic E-state index is 12.3. The van der Waals surface area contributed by atoms with Gasteiger partial charge in [0.15, 0.2) is 0 Å². The van der Waals surface area contributed by atoms with E-state index in [1.54, 1.807) is 23.8 Å². The molecule has 0 saturated heterocycles. The molecule has 0 radical (unpaired) electrons. The predicted molar refractivity (Wildman–Crippen MR) is 90.7 cm³/mol. The molecule has 3 N–H and O–H groups in total. The molecular formula is C18H24N2O3. The maximum Gasteiger partial charge on any atom is 0.251 e. The molecule has 1 aliphatic carbocycles. The fraction of sp³-hybridized carbons (Fsp3) is 0.500. The van der Waals surface area contributed by atoms with E-state index in [9.17, 15) is 9.90 Å². The van der Waals surface area contributed by atoms with Crippen LogP contribution in [0.15, 0.2) is 35.1 Å². The average molecular weight is 316 g/mol. The van der Waals surface area contributed by atoms with Gasteiger partial charge in [-0.05, 0) is 55.2 Å². The molecule has 23 heavy (non-hydrogen) atoms. The van der Waals surface area contributed by atoms with Crippen molar-refractivity contribution in [2.45, 2.75) is 44.4 Å². The Kier molecular flexibility index (Phi) is 4.68. The van der Waals surface area contributed by atoms with Gasteiger partial charge in [0.2, 0.25) is 0 Å². The Hall–Kier alpha value is -1.85. The van der Waals surface area contributed by atoms with Gasteiger partial charge in [0.05, 0.1) is 25.3 Å². The Morgan fingerprint density at radius 2 is 1.96 bits per heavy atom. The van der Waals surface area contributed by atoms with Gasteiger partial charge >= 0.3 is 0 Å². The van der Waals surface area contributed by atoms with Gasteiger partial charge in [-0.1, -0.05) is 0 Å². The van der Waals surface area contributed by atoms with Gasteiger partial charge in [0, 0.05) is 18.2 Å². The minimum atomic E-state index is -0.531. The van der Waals surface area contributed by atoms with Crippen molar-refractivity contribution in [3.63, 3.8) is 0 Å². The van der Waals surface area contributed by atoms with Crippen molar-refractivity contribution in [1.82, 2.24) is 4.57 Å². The summed E-state index contributed by atoms with van der Waals surface area (Å²) in [6, 6.07) is 9.26. The third-order valence-electron chi connectivity index (χ3n) is 4.93. The van der Waals surface area contributed by atoms with E-state index in [1.165, 1.54) is 0 Å². The molecule has 3 rings (SSSR count). The van der Waals surface area contributed by atoms with Crippen LogP contribution >= 0.6 is 0 Å². The number of methoxy groups -OCH3 is 1. The first-order valence-corrected chi connectivity index (χ1v) is 8.19. The molecular weight excluding hydrogens is 292 g/mol. The van der Waals surface area contributed by atoms with Gasteiger partial charge in [0.25, 0.3) is 5.56 Å². The number of aliphatic hydroxyl groups excluding tert-OH is 1. The molecule has 1 aromatic carbocycles. The number of aromatic nitrogens is 1. The molecule has 1 saturated carbocycles. The second-order valence-corrected chi connectivity index (χ2v) is 6.45. The predicted octanol–water partition coefficient (Wildman–Crippen LogP) is 1.89. The maximum atomic E-state index is 12.3. The average Bonchev–Trinajstić information content (AvgIpc) is 2.57. The normalized spacial score (nSPS) is 22.9. The summed E-state index contributed by atoms with van der Waals surface area (Å²) in [4.78, 5) is 12.3. The molecule has 124 valence electrons. The molecule has 5 nitrogen and oxygen atoms in total. The van der Waals surface area contributed by atoms with E-state index in [0.717, 1.165) is 36.6 Å². The van der Waals surface area contributed by atoms with Gasteiger partial charge in [-0.2, -0.15) is 0 Å². The number of nitrogens with zero attached hydrogens (tertiary/aromatic N) is 1. The SMILES string of the molecule is COc1ccc2ccc(=O)n(CC(O)[C@H]3CC[C@H](N)CC3)c2c1. The molecule has 1 heterocycles. The van der Waals surface area contributed by atoms with Crippen LogP contribution in [0.3, 0.4) is 0 Å². The summed E-state index contributed by atoms with van der Waals surface area (Å²) < 4.78 is 6.91. The zero-order valence-corrected chi connectivity index (χ0v) is 13.4. The van der Waals surface area contributed by atoms with Crippen LogP contribution < -0.4 is 16.0 Å². The van der Waals surface area contributed by atoms with Crippen LogP contribution in [0.1, 0.15) is 25.7 Å². The van der Waals surface area contributed by atoms with Crippen LogP contribution in [-0.4, -0.2) is 28.9 Å². The number of ether oxygens (including phenoxy) is 1. The number of hydrogen-bond acceptors (Lipinski definition) is 4. The number of rotatable bonds is 4. The highest BCUT2D eigenvalue weighted by Gasteiger charge is 2.25. The largest absolute Gasteiger partial charge is 0.497 e. The van der Waals surface area contributed by atoms with E-state index >= 15 is 0 Å². The van der Waals surface area contributed by atoms with Crippen molar-refractivity contribution < 1.29 is 9.84 Å². The third-order valence-corrected chi connectivity index (χ3v) is 4.93. The highest BCUT2D eigenvalue weighted by Crippen LogP contribution is 2.27. The topological polar surface area (TPSA) is 77.5 Å². The highest BCUT2D eigenvalue weighted by molar-refractivity contribution is 5.80. The van der Waals surface area contributed by atoms with E-state index < -0.39 is 6.10 Å². The van der Waals surface area contributed by atoms with Gasteiger partial charge < -0.3 is 20.1 Å². The zero-order chi connectivity index (χ0) is 16.4. The molecule has 1 unspecified atom stereocenters. The van der Waals surface area contributed by atoms with Crippen molar-refractivity contribution in [1.29, 1.82) is 0 Å². The minimum Gasteiger partial charge on any atom is -0.497 e. The lowest BCUT2D eigenvalue weighted by Crippen LogP contribution is -2.36. The summed E-state index contributed by atoms with van der Waals surface area (Å²) in [5.74, 6) is 0.914. The summed E-state index contributed by atoms with van der Waals surface area (Å²) in [5, 5.41) is 11.6. The summed E-state index contributed by atoms with van der Waals surface area (Å²) in [6.07, 6.45) is 3.20. The first-order valence-electron chi connectivity index (χ1n) is 8.19. The highest BCUT2D eigenvalue weighted by atomic mass is 16.5. The number of fused-ring (bicyclic) bond motifs is 1. The zero-order valence-electron chi connectivity index (χ0n) is 13.4. The smallest absolute Gasteiger partial charge is 0.251 e. The van der Waals surface area contributed by atoms with E-state index in [2.05, 4.69) is 0 Å². The number of nitrogens with two attached hydrogens (primary N) is 1. The lowest BCUT2D eigenvalue weighted by molar-refractivity contribution is 0.0668. The molecule has 0 amide bonds. The quantitative estimate of drug-likeness (QED) is 0.903. The van der Waals surface area contributed by atoms with Gasteiger partial charge in [-0.15, -0.1) is 0 Å². The molecule has 1 fully saturated rings. The second-order valence-electron chi connectivity index (χ2n) is 6.45. The second kappa shape index (κ2) is 6.72. The van der Waals surface area contributed by atoms with Gasteiger partial charge in [-0.25, -0.2) is 0 Å². The molecule has 0 aliphatic heterocycles. The van der Waals surface area contributed by atoms with Crippen LogP contribution in [0.25, 0.3) is 10.9 Å². The van der Waals surface area contributed by atoms with Crippen molar-refractivity contribution in [3.8, 4) is 5.75 Å². The van der Waals surface area contributed by atoms with Crippen molar-refractivity contribution in [2.24, 2.45) is 11.7 Å². The molecule has 2 aromatic rings. The molecule has 0 bridgehead atoms. The molecule has 1 aliphatic rings. The van der Waals surface area contributed by atoms with Gasteiger partial charge in [-0.3, -0.25) is 4.79 Å². The van der Waals surface area contributed by atoms with Crippen LogP contribution in [0.2, 0.25) is 0 Å². The fourth-order valence-electron chi connectivity index (χ4n) is 3.45. The minimum absolute atomic E-state index is 0.0997. The van der Waals surface area contributed by atoms with Crippen LogP contribution in [-0.2, 0) is 6.54 Å². The van der Waals surface area contributed by atoms with E-state index in [0.29, 0.717) is 12.3 Å². The number of hydrogen-bond donors (Lipinski definition) is 2. The van der Waals surface area contributed by atoms with Crippen LogP contribution in [0, 0.1) is 5.92 Å².